The van der Waals surface area contributed by atoms with Crippen molar-refractivity contribution in [2.24, 2.45) is 5.92 Å². The van der Waals surface area contributed by atoms with Crippen LogP contribution in [0.25, 0.3) is 0 Å². The summed E-state index contributed by atoms with van der Waals surface area (Å²) in [6.07, 6.45) is -0.521. The number of likely N-dealkylation sites (tertiary alicyclic amines) is 1. The lowest BCUT2D eigenvalue weighted by Gasteiger charge is -2.50. The molecule has 6 heteroatoms. The summed E-state index contributed by atoms with van der Waals surface area (Å²) in [5, 5.41) is 0. The molecule has 2 aliphatic heterocycles. The van der Waals surface area contributed by atoms with Gasteiger partial charge in [-0.25, -0.2) is 4.79 Å². The molecular formula is C23H24N2O4. The third kappa shape index (κ3) is 3.39. The largest absolute Gasteiger partial charge is 0.447 e. The zero-order valence-corrected chi connectivity index (χ0v) is 16.5. The highest BCUT2D eigenvalue weighted by Crippen LogP contribution is 2.35. The second kappa shape index (κ2) is 7.70. The molecule has 150 valence electrons. The second-order valence-corrected chi connectivity index (χ2v) is 7.87. The first-order valence-corrected chi connectivity index (χ1v) is 9.88. The molecule has 0 saturated carbocycles. The van der Waals surface area contributed by atoms with Crippen LogP contribution in [-0.2, 0) is 16.1 Å². The first-order valence-electron chi connectivity index (χ1n) is 9.88. The van der Waals surface area contributed by atoms with Crippen LogP contribution in [0.1, 0.15) is 29.8 Å². The van der Waals surface area contributed by atoms with Crippen LogP contribution in [-0.4, -0.2) is 52.3 Å². The van der Waals surface area contributed by atoms with Crippen LogP contribution in [0, 0.1) is 5.92 Å². The molecule has 2 saturated heterocycles. The van der Waals surface area contributed by atoms with E-state index < -0.39 is 18.2 Å². The van der Waals surface area contributed by atoms with Crippen molar-refractivity contribution in [3.63, 3.8) is 0 Å². The van der Waals surface area contributed by atoms with Gasteiger partial charge in [-0.15, -0.1) is 0 Å². The summed E-state index contributed by atoms with van der Waals surface area (Å²) in [4.78, 5) is 42.0. The molecule has 29 heavy (non-hydrogen) atoms. The maximum Gasteiger partial charge on any atom is 0.410 e. The Morgan fingerprint density at radius 1 is 1.03 bits per heavy atom. The number of cyclic esters (lactones) is 1. The minimum absolute atomic E-state index is 0.116. The van der Waals surface area contributed by atoms with E-state index in [0.717, 1.165) is 5.56 Å². The molecule has 0 aromatic heterocycles. The monoisotopic (exact) mass is 392 g/mol. The van der Waals surface area contributed by atoms with E-state index in [2.05, 4.69) is 0 Å². The Labute approximate surface area is 170 Å². The fourth-order valence-corrected chi connectivity index (χ4v) is 4.10. The normalized spacial score (nSPS) is 23.9. The SMILES string of the molecule is CC(C)[C@H]1COC(=O)N1[C@@H]1C(=O)N(Cc2ccccc2)[C@@H]1C(=O)c1ccccc1. The number of benzene rings is 2. The molecule has 2 aromatic carbocycles. The summed E-state index contributed by atoms with van der Waals surface area (Å²) >= 11 is 0. The predicted octanol–water partition coefficient (Wildman–Crippen LogP) is 3.13. The van der Waals surface area contributed by atoms with Gasteiger partial charge in [0.25, 0.3) is 0 Å². The van der Waals surface area contributed by atoms with Crippen molar-refractivity contribution in [2.45, 2.75) is 38.5 Å². The molecule has 0 unspecified atom stereocenters. The van der Waals surface area contributed by atoms with Crippen LogP contribution in [0.4, 0.5) is 4.79 Å². The molecule has 2 heterocycles. The van der Waals surface area contributed by atoms with Crippen LogP contribution < -0.4 is 0 Å². The van der Waals surface area contributed by atoms with E-state index in [9.17, 15) is 14.4 Å². The highest BCUT2D eigenvalue weighted by molar-refractivity contribution is 6.10. The summed E-state index contributed by atoms with van der Waals surface area (Å²) in [6, 6.07) is 16.7. The molecule has 4 rings (SSSR count). The third-order valence-electron chi connectivity index (χ3n) is 5.71. The molecule has 2 aliphatic rings. The predicted molar refractivity (Wildman–Crippen MR) is 107 cm³/mol. The van der Waals surface area contributed by atoms with Gasteiger partial charge in [0, 0.05) is 12.1 Å². The van der Waals surface area contributed by atoms with Gasteiger partial charge in [-0.05, 0) is 11.5 Å². The van der Waals surface area contributed by atoms with Crippen molar-refractivity contribution in [1.82, 2.24) is 9.80 Å². The molecule has 0 N–H and O–H groups in total. The van der Waals surface area contributed by atoms with E-state index in [4.69, 9.17) is 4.74 Å². The number of ether oxygens (including phenoxy) is 1. The zero-order chi connectivity index (χ0) is 20.5. The van der Waals surface area contributed by atoms with Crippen LogP contribution in [0.2, 0.25) is 0 Å². The highest BCUT2D eigenvalue weighted by atomic mass is 16.6. The first kappa shape index (κ1) is 19.2. The maximum atomic E-state index is 13.4. The second-order valence-electron chi connectivity index (χ2n) is 7.87. The summed E-state index contributed by atoms with van der Waals surface area (Å²) in [7, 11) is 0. The summed E-state index contributed by atoms with van der Waals surface area (Å²) in [5.41, 5.74) is 1.47. The average Bonchev–Trinajstić information content (AvgIpc) is 3.12. The van der Waals surface area contributed by atoms with Crippen molar-refractivity contribution < 1.29 is 19.1 Å². The van der Waals surface area contributed by atoms with Gasteiger partial charge >= 0.3 is 6.09 Å². The number of hydrogen-bond acceptors (Lipinski definition) is 4. The topological polar surface area (TPSA) is 66.9 Å². The number of hydrogen-bond donors (Lipinski definition) is 0. The summed E-state index contributed by atoms with van der Waals surface area (Å²) in [5.74, 6) is -0.258. The number of ketones is 1. The highest BCUT2D eigenvalue weighted by Gasteiger charge is 2.58. The number of amides is 2. The van der Waals surface area contributed by atoms with Crippen LogP contribution in [0.15, 0.2) is 60.7 Å². The van der Waals surface area contributed by atoms with Gasteiger partial charge < -0.3 is 9.64 Å². The Kier molecular flexibility index (Phi) is 5.09. The molecule has 2 fully saturated rings. The van der Waals surface area contributed by atoms with Crippen LogP contribution in [0.5, 0.6) is 0 Å². The Morgan fingerprint density at radius 2 is 1.66 bits per heavy atom. The minimum Gasteiger partial charge on any atom is -0.447 e. The fourth-order valence-electron chi connectivity index (χ4n) is 4.10. The number of Topliss-reactive ketones (excluding diaryl/α,β-unsaturated/α-hetero) is 1. The molecule has 0 spiro atoms. The Morgan fingerprint density at radius 3 is 2.28 bits per heavy atom. The number of carbonyl (C=O) groups is 3. The van der Waals surface area contributed by atoms with Crippen molar-refractivity contribution in [3.8, 4) is 0 Å². The van der Waals surface area contributed by atoms with Gasteiger partial charge in [0.15, 0.2) is 5.78 Å². The number of rotatable bonds is 6. The number of β-lactam (4-membered cyclic amide) rings is 1. The first-order chi connectivity index (χ1) is 14.0. The van der Waals surface area contributed by atoms with E-state index in [1.165, 1.54) is 4.90 Å². The standard InChI is InChI=1S/C23H24N2O4/c1-15(2)18-14-29-23(28)25(18)20-19(21(26)17-11-7-4-8-12-17)24(22(20)27)13-16-9-5-3-6-10-16/h3-12,15,18-20H,13-14H2,1-2H3/t18-,19+,20+/m1/s1. The van der Waals surface area contributed by atoms with E-state index >= 15 is 0 Å². The van der Waals surface area contributed by atoms with Gasteiger partial charge in [-0.3, -0.25) is 14.5 Å². The van der Waals surface area contributed by atoms with Crippen molar-refractivity contribution in [2.75, 3.05) is 6.61 Å². The minimum atomic E-state index is -0.825. The van der Waals surface area contributed by atoms with Gasteiger partial charge in [-0.1, -0.05) is 74.5 Å². The van der Waals surface area contributed by atoms with Crippen LogP contribution >= 0.6 is 0 Å². The maximum absolute atomic E-state index is 13.4. The smallest absolute Gasteiger partial charge is 0.410 e. The number of nitrogens with zero attached hydrogens (tertiary/aromatic N) is 2. The lowest BCUT2D eigenvalue weighted by molar-refractivity contribution is -0.156. The third-order valence-corrected chi connectivity index (χ3v) is 5.71. The van der Waals surface area contributed by atoms with Crippen molar-refractivity contribution in [1.29, 1.82) is 0 Å². The van der Waals surface area contributed by atoms with Gasteiger partial charge in [0.2, 0.25) is 5.91 Å². The van der Waals surface area contributed by atoms with Gasteiger partial charge in [0.05, 0.1) is 6.04 Å². The Balaban J connectivity index is 1.67. The molecular weight excluding hydrogens is 368 g/mol. The number of carbonyl (C=O) groups excluding carboxylic acids is 3. The summed E-state index contributed by atoms with van der Waals surface area (Å²) < 4.78 is 5.24. The van der Waals surface area contributed by atoms with E-state index in [1.54, 1.807) is 29.2 Å². The lowest BCUT2D eigenvalue weighted by atomic mass is 9.85. The zero-order valence-electron chi connectivity index (χ0n) is 16.5. The van der Waals surface area contributed by atoms with E-state index in [-0.39, 0.29) is 30.3 Å². The van der Waals surface area contributed by atoms with Crippen molar-refractivity contribution >= 4 is 17.8 Å². The lowest BCUT2D eigenvalue weighted by Crippen LogP contribution is -2.74. The molecule has 2 aromatic rings. The fraction of sp³-hybridized carbons (Fsp3) is 0.348. The van der Waals surface area contributed by atoms with Crippen molar-refractivity contribution in [3.05, 3.63) is 71.8 Å². The Hall–Kier alpha value is -3.15. The van der Waals surface area contributed by atoms with E-state index in [1.807, 2.05) is 50.2 Å². The molecule has 0 aliphatic carbocycles. The quantitative estimate of drug-likeness (QED) is 0.560. The molecule has 6 nitrogen and oxygen atoms in total. The average molecular weight is 392 g/mol. The molecule has 2 amide bonds. The molecule has 0 radical (unpaired) electrons. The van der Waals surface area contributed by atoms with Gasteiger partial charge in [-0.2, -0.15) is 0 Å². The molecule has 3 atom stereocenters. The Bertz CT molecular complexity index is 913. The van der Waals surface area contributed by atoms with E-state index in [0.29, 0.717) is 12.1 Å². The van der Waals surface area contributed by atoms with Crippen LogP contribution in [0.3, 0.4) is 0 Å². The molecule has 0 bridgehead atoms. The van der Waals surface area contributed by atoms with Gasteiger partial charge in [0.1, 0.15) is 18.7 Å². The summed E-state index contributed by atoms with van der Waals surface area (Å²) in [6.45, 7) is 4.54.